The van der Waals surface area contributed by atoms with Gasteiger partial charge in [-0.25, -0.2) is 9.18 Å². The number of rotatable bonds is 7. The van der Waals surface area contributed by atoms with Crippen LogP contribution in [0.3, 0.4) is 0 Å². The number of carbonyl (C=O) groups excluding carboxylic acids is 3. The number of carbonyl (C=O) groups is 3. The van der Waals surface area contributed by atoms with Gasteiger partial charge in [0.25, 0.3) is 5.91 Å². The van der Waals surface area contributed by atoms with Gasteiger partial charge >= 0.3 is 12.5 Å². The maximum absolute atomic E-state index is 13.6. The van der Waals surface area contributed by atoms with Crippen molar-refractivity contribution in [3.63, 3.8) is 0 Å². The van der Waals surface area contributed by atoms with E-state index in [4.69, 9.17) is 21.1 Å². The Morgan fingerprint density at radius 3 is 2.42 bits per heavy atom. The van der Waals surface area contributed by atoms with Crippen LogP contribution in [0.1, 0.15) is 33.6 Å². The van der Waals surface area contributed by atoms with Crippen molar-refractivity contribution in [2.75, 3.05) is 18.5 Å². The van der Waals surface area contributed by atoms with Gasteiger partial charge in [-0.3, -0.25) is 14.5 Å². The monoisotopic (exact) mass is 589 g/mol. The van der Waals surface area contributed by atoms with Crippen molar-refractivity contribution >= 4 is 35.2 Å². The molecular weight excluding hydrogens is 562 g/mol. The number of nitrogens with one attached hydrogen (secondary N) is 2. The number of amides is 3. The van der Waals surface area contributed by atoms with Crippen LogP contribution >= 0.6 is 11.6 Å². The molecule has 1 fully saturated rings. The lowest BCUT2D eigenvalue weighted by Crippen LogP contribution is -2.58. The summed E-state index contributed by atoms with van der Waals surface area (Å²) in [7, 11) is 0. The summed E-state index contributed by atoms with van der Waals surface area (Å²) < 4.78 is 65.9. The number of ether oxygens (including phenoxy) is 3. The van der Waals surface area contributed by atoms with Gasteiger partial charge in [0.1, 0.15) is 29.0 Å². The van der Waals surface area contributed by atoms with Gasteiger partial charge < -0.3 is 24.8 Å². The number of alkyl halides is 3. The fourth-order valence-corrected chi connectivity index (χ4v) is 3.98. The fraction of sp³-hybridized carbons (Fsp3) is 0.423. The number of benzene rings is 2. The highest BCUT2D eigenvalue weighted by Gasteiger charge is 2.39. The molecule has 0 bridgehead atoms. The molecule has 0 spiro atoms. The van der Waals surface area contributed by atoms with Gasteiger partial charge in [0, 0.05) is 30.4 Å². The second-order valence-corrected chi connectivity index (χ2v) is 10.3. The highest BCUT2D eigenvalue weighted by Crippen LogP contribution is 2.27. The van der Waals surface area contributed by atoms with Crippen LogP contribution in [-0.2, 0) is 14.3 Å². The Balaban J connectivity index is 1.66. The fourth-order valence-electron chi connectivity index (χ4n) is 3.87. The molecule has 1 unspecified atom stereocenters. The highest BCUT2D eigenvalue weighted by atomic mass is 35.5. The molecule has 1 saturated heterocycles. The van der Waals surface area contributed by atoms with Gasteiger partial charge in [-0.1, -0.05) is 17.7 Å². The van der Waals surface area contributed by atoms with Crippen molar-refractivity contribution in [3.05, 3.63) is 53.3 Å². The zero-order valence-electron chi connectivity index (χ0n) is 21.8. The second-order valence-electron chi connectivity index (χ2n) is 9.92. The van der Waals surface area contributed by atoms with Crippen molar-refractivity contribution in [2.24, 2.45) is 0 Å². The molecule has 218 valence electrons. The molecule has 0 saturated carbocycles. The molecule has 0 aliphatic carbocycles. The Morgan fingerprint density at radius 2 is 1.77 bits per heavy atom. The SMILES string of the molecule is CC(C)(C)OC(=O)N1CC(NC(=O)COc2ccc(Cl)c(F)c2)CC[C@H]1C(=O)Nc1cccc(OC(F)(F)F)c1. The lowest BCUT2D eigenvalue weighted by atomic mass is 9.97. The number of nitrogens with zero attached hydrogens (tertiary/aromatic N) is 1. The second kappa shape index (κ2) is 12.6. The highest BCUT2D eigenvalue weighted by molar-refractivity contribution is 6.30. The molecule has 3 amide bonds. The molecule has 9 nitrogen and oxygen atoms in total. The Bertz CT molecular complexity index is 1240. The molecule has 2 atom stereocenters. The van der Waals surface area contributed by atoms with Crippen molar-refractivity contribution < 1.29 is 46.2 Å². The normalized spacial score (nSPS) is 17.6. The number of likely N-dealkylation sites (tertiary alicyclic amines) is 1. The Labute approximate surface area is 232 Å². The van der Waals surface area contributed by atoms with Gasteiger partial charge in [0.2, 0.25) is 5.91 Å². The predicted molar refractivity (Wildman–Crippen MR) is 137 cm³/mol. The van der Waals surface area contributed by atoms with E-state index >= 15 is 0 Å². The van der Waals surface area contributed by atoms with Crippen molar-refractivity contribution in [1.29, 1.82) is 0 Å². The third kappa shape index (κ3) is 9.47. The summed E-state index contributed by atoms with van der Waals surface area (Å²) in [5, 5.41) is 5.12. The van der Waals surface area contributed by atoms with Crippen LogP contribution < -0.4 is 20.1 Å². The minimum atomic E-state index is -4.91. The molecule has 2 aromatic rings. The number of anilines is 1. The Kier molecular flexibility index (Phi) is 9.72. The molecule has 1 heterocycles. The Hall–Kier alpha value is -3.74. The molecule has 14 heteroatoms. The van der Waals surface area contributed by atoms with Crippen LogP contribution in [0.4, 0.5) is 28.0 Å². The molecule has 1 aliphatic rings. The van der Waals surface area contributed by atoms with Gasteiger partial charge in [0.05, 0.1) is 5.02 Å². The Morgan fingerprint density at radius 1 is 1.05 bits per heavy atom. The summed E-state index contributed by atoms with van der Waals surface area (Å²) in [4.78, 5) is 39.7. The van der Waals surface area contributed by atoms with E-state index < -0.39 is 60.1 Å². The lowest BCUT2D eigenvalue weighted by Gasteiger charge is -2.39. The van der Waals surface area contributed by atoms with E-state index in [1.54, 1.807) is 20.8 Å². The molecule has 0 aromatic heterocycles. The zero-order valence-corrected chi connectivity index (χ0v) is 22.6. The van der Waals surface area contributed by atoms with Crippen LogP contribution in [-0.4, -0.2) is 60.0 Å². The van der Waals surface area contributed by atoms with Crippen LogP contribution in [0.25, 0.3) is 0 Å². The van der Waals surface area contributed by atoms with Crippen LogP contribution in [0.15, 0.2) is 42.5 Å². The van der Waals surface area contributed by atoms with E-state index in [1.807, 2.05) is 0 Å². The molecule has 40 heavy (non-hydrogen) atoms. The minimum absolute atomic E-state index is 0.0297. The molecule has 2 aromatic carbocycles. The van der Waals surface area contributed by atoms with Crippen molar-refractivity contribution in [1.82, 2.24) is 10.2 Å². The largest absolute Gasteiger partial charge is 0.573 e. The first-order valence-electron chi connectivity index (χ1n) is 12.1. The average molecular weight is 590 g/mol. The number of halogens is 5. The van der Waals surface area contributed by atoms with E-state index in [0.717, 1.165) is 23.1 Å². The summed E-state index contributed by atoms with van der Waals surface area (Å²) in [6.07, 6.45) is -5.32. The number of piperidine rings is 1. The summed E-state index contributed by atoms with van der Waals surface area (Å²) in [6, 6.07) is 6.84. The number of hydrogen-bond acceptors (Lipinski definition) is 6. The first-order chi connectivity index (χ1) is 18.6. The smallest absolute Gasteiger partial charge is 0.484 e. The summed E-state index contributed by atoms with van der Waals surface area (Å²) in [5.74, 6) is -2.34. The topological polar surface area (TPSA) is 106 Å². The number of hydrogen-bond donors (Lipinski definition) is 2. The van der Waals surface area contributed by atoms with E-state index in [2.05, 4.69) is 15.4 Å². The molecule has 2 N–H and O–H groups in total. The van der Waals surface area contributed by atoms with E-state index in [1.165, 1.54) is 24.3 Å². The van der Waals surface area contributed by atoms with Crippen molar-refractivity contribution in [3.8, 4) is 11.5 Å². The summed E-state index contributed by atoms with van der Waals surface area (Å²) >= 11 is 5.63. The predicted octanol–water partition coefficient (Wildman–Crippen LogP) is 5.28. The van der Waals surface area contributed by atoms with Gasteiger partial charge in [-0.05, 0) is 57.9 Å². The van der Waals surface area contributed by atoms with Crippen molar-refractivity contribution in [2.45, 2.75) is 57.7 Å². The van der Waals surface area contributed by atoms with Crippen LogP contribution in [0, 0.1) is 5.82 Å². The summed E-state index contributed by atoms with van der Waals surface area (Å²) in [5.41, 5.74) is -0.860. The van der Waals surface area contributed by atoms with E-state index in [0.29, 0.717) is 0 Å². The third-order valence-electron chi connectivity index (χ3n) is 5.47. The van der Waals surface area contributed by atoms with E-state index in [-0.39, 0.29) is 35.8 Å². The maximum atomic E-state index is 13.6. The standard InChI is InChI=1S/C26H28ClF4N3O6/c1-25(2,3)40-24(37)34-13-16(32-22(35)14-38-17-8-9-19(27)20(28)12-17)7-10-21(34)23(36)33-15-5-4-6-18(11-15)39-26(29,30)31/h4-6,8-9,11-12,16,21H,7,10,13-14H2,1-3H3,(H,32,35)(H,33,36)/t16?,21-/m0/s1. The molecule has 0 radical (unpaired) electrons. The summed E-state index contributed by atoms with van der Waals surface area (Å²) in [6.45, 7) is 4.40. The molecule has 1 aliphatic heterocycles. The van der Waals surface area contributed by atoms with Crippen LogP contribution in [0.2, 0.25) is 5.02 Å². The van der Waals surface area contributed by atoms with Gasteiger partial charge in [0.15, 0.2) is 6.61 Å². The lowest BCUT2D eigenvalue weighted by molar-refractivity contribution is -0.274. The van der Waals surface area contributed by atoms with Gasteiger partial charge in [-0.2, -0.15) is 0 Å². The first kappa shape index (κ1) is 30.8. The zero-order chi connectivity index (χ0) is 29.7. The van der Waals surface area contributed by atoms with E-state index in [9.17, 15) is 31.9 Å². The molecule has 3 rings (SSSR count). The third-order valence-corrected chi connectivity index (χ3v) is 5.78. The first-order valence-corrected chi connectivity index (χ1v) is 12.5. The quantitative estimate of drug-likeness (QED) is 0.426. The van der Waals surface area contributed by atoms with Gasteiger partial charge in [-0.15, -0.1) is 13.2 Å². The molecular formula is C26H28ClF4N3O6. The maximum Gasteiger partial charge on any atom is 0.573 e. The average Bonchev–Trinajstić information content (AvgIpc) is 2.83. The van der Waals surface area contributed by atoms with Crippen LogP contribution in [0.5, 0.6) is 11.5 Å². The minimum Gasteiger partial charge on any atom is -0.484 e.